The number of sulfonamides is 1. The van der Waals surface area contributed by atoms with Crippen LogP contribution in [0.5, 0.6) is 5.75 Å². The molecule has 144 valence electrons. The molecule has 1 aliphatic rings. The van der Waals surface area contributed by atoms with Crippen LogP contribution in [0.15, 0.2) is 53.4 Å². The van der Waals surface area contributed by atoms with Crippen LogP contribution < -0.4 is 9.46 Å². The van der Waals surface area contributed by atoms with Crippen molar-refractivity contribution in [1.29, 1.82) is 0 Å². The molecule has 2 aromatic carbocycles. The minimum atomic E-state index is -3.75. The molecule has 27 heavy (non-hydrogen) atoms. The summed E-state index contributed by atoms with van der Waals surface area (Å²) >= 11 is 0. The molecule has 3 rings (SSSR count). The molecular weight excluding hydrogens is 362 g/mol. The first-order chi connectivity index (χ1) is 12.9. The third-order valence-corrected chi connectivity index (χ3v) is 6.55. The van der Waals surface area contributed by atoms with Gasteiger partial charge in [0.1, 0.15) is 11.5 Å². The number of ketones is 1. The van der Waals surface area contributed by atoms with E-state index in [1.807, 2.05) is 19.1 Å². The molecule has 0 amide bonds. The molecule has 0 heterocycles. The van der Waals surface area contributed by atoms with E-state index < -0.39 is 16.1 Å². The van der Waals surface area contributed by atoms with Crippen molar-refractivity contribution in [3.8, 4) is 5.75 Å². The molecule has 1 fully saturated rings. The Morgan fingerprint density at radius 2 is 1.70 bits per heavy atom. The van der Waals surface area contributed by atoms with Gasteiger partial charge in [0, 0.05) is 12.3 Å². The second-order valence-electron chi connectivity index (χ2n) is 7.00. The van der Waals surface area contributed by atoms with Crippen LogP contribution in [0.25, 0.3) is 0 Å². The molecule has 1 saturated carbocycles. The first kappa shape index (κ1) is 19.6. The van der Waals surface area contributed by atoms with E-state index in [1.54, 1.807) is 43.5 Å². The summed E-state index contributed by atoms with van der Waals surface area (Å²) in [5.41, 5.74) is 1.76. The smallest absolute Gasteiger partial charge is 0.241 e. The molecule has 6 heteroatoms. The molecule has 1 aliphatic carbocycles. The van der Waals surface area contributed by atoms with Crippen LogP contribution in [-0.4, -0.2) is 21.3 Å². The second kappa shape index (κ2) is 8.23. The Bertz CT molecular complexity index is 889. The van der Waals surface area contributed by atoms with Crippen molar-refractivity contribution in [2.24, 2.45) is 5.92 Å². The number of nitrogens with one attached hydrogen (secondary N) is 1. The quantitative estimate of drug-likeness (QED) is 0.819. The fourth-order valence-electron chi connectivity index (χ4n) is 3.51. The van der Waals surface area contributed by atoms with Crippen molar-refractivity contribution in [2.75, 3.05) is 7.11 Å². The predicted molar refractivity (Wildman–Crippen MR) is 104 cm³/mol. The van der Waals surface area contributed by atoms with Gasteiger partial charge in [0.15, 0.2) is 0 Å². The maximum Gasteiger partial charge on any atom is 0.241 e. The summed E-state index contributed by atoms with van der Waals surface area (Å²) in [7, 11) is -2.17. The summed E-state index contributed by atoms with van der Waals surface area (Å²) in [6.07, 6.45) is 2.99. The Morgan fingerprint density at radius 3 is 2.30 bits per heavy atom. The Balaban J connectivity index is 1.95. The van der Waals surface area contributed by atoms with E-state index in [-0.39, 0.29) is 16.6 Å². The van der Waals surface area contributed by atoms with Gasteiger partial charge in [0.05, 0.1) is 18.0 Å². The molecule has 0 spiro atoms. The van der Waals surface area contributed by atoms with Crippen LogP contribution in [0.2, 0.25) is 0 Å². The van der Waals surface area contributed by atoms with Crippen molar-refractivity contribution < 1.29 is 17.9 Å². The van der Waals surface area contributed by atoms with Crippen LogP contribution in [0.4, 0.5) is 0 Å². The number of methoxy groups -OCH3 is 1. The molecule has 0 saturated heterocycles. The largest absolute Gasteiger partial charge is 0.497 e. The molecule has 5 nitrogen and oxygen atoms in total. The molecule has 0 radical (unpaired) electrons. The maximum absolute atomic E-state index is 13.0. The van der Waals surface area contributed by atoms with Crippen LogP contribution in [0.3, 0.4) is 0 Å². The van der Waals surface area contributed by atoms with Gasteiger partial charge in [0.2, 0.25) is 10.0 Å². The van der Waals surface area contributed by atoms with Gasteiger partial charge >= 0.3 is 0 Å². The lowest BCUT2D eigenvalue weighted by molar-refractivity contribution is -0.125. The highest BCUT2D eigenvalue weighted by molar-refractivity contribution is 7.89. The number of benzene rings is 2. The van der Waals surface area contributed by atoms with Gasteiger partial charge in [-0.3, -0.25) is 4.79 Å². The van der Waals surface area contributed by atoms with E-state index in [2.05, 4.69) is 4.72 Å². The first-order valence-corrected chi connectivity index (χ1v) is 10.6. The summed E-state index contributed by atoms with van der Waals surface area (Å²) in [5, 5.41) is 0. The highest BCUT2D eigenvalue weighted by Crippen LogP contribution is 2.34. The van der Waals surface area contributed by atoms with Crippen molar-refractivity contribution in [3.63, 3.8) is 0 Å². The molecule has 1 N–H and O–H groups in total. The third kappa shape index (κ3) is 4.57. The zero-order valence-corrected chi connectivity index (χ0v) is 16.5. The van der Waals surface area contributed by atoms with Crippen LogP contribution >= 0.6 is 0 Å². The molecule has 2 atom stereocenters. The van der Waals surface area contributed by atoms with Crippen molar-refractivity contribution >= 4 is 15.8 Å². The van der Waals surface area contributed by atoms with Gasteiger partial charge in [-0.1, -0.05) is 36.2 Å². The summed E-state index contributed by atoms with van der Waals surface area (Å²) in [6, 6.07) is 13.3. The molecule has 0 aliphatic heterocycles. The number of ether oxygens (including phenoxy) is 1. The maximum atomic E-state index is 13.0. The number of hydrogen-bond acceptors (Lipinski definition) is 4. The van der Waals surface area contributed by atoms with Gasteiger partial charge in [0.25, 0.3) is 0 Å². The van der Waals surface area contributed by atoms with Gasteiger partial charge in [-0.15, -0.1) is 0 Å². The van der Waals surface area contributed by atoms with Crippen LogP contribution in [-0.2, 0) is 14.8 Å². The van der Waals surface area contributed by atoms with E-state index in [0.717, 1.165) is 24.0 Å². The fraction of sp³-hybridized carbons (Fsp3) is 0.381. The predicted octanol–water partition coefficient (Wildman–Crippen LogP) is 3.78. The highest BCUT2D eigenvalue weighted by Gasteiger charge is 2.34. The number of hydrogen-bond donors (Lipinski definition) is 1. The zero-order valence-electron chi connectivity index (χ0n) is 15.6. The van der Waals surface area contributed by atoms with Gasteiger partial charge in [-0.25, -0.2) is 13.1 Å². The standard InChI is InChI=1S/C21H25NO4S/c1-15-7-13-18(14-8-15)27(24,25)22-21(19-5-3-4-6-20(19)23)16-9-11-17(26-2)12-10-16/h7-14,19,21-22H,3-6H2,1-2H3/t19-,21+/m1/s1. The van der Waals surface area contributed by atoms with Gasteiger partial charge in [-0.2, -0.15) is 0 Å². The van der Waals surface area contributed by atoms with Gasteiger partial charge < -0.3 is 4.74 Å². The molecular formula is C21H25NO4S. The molecule has 0 bridgehead atoms. The molecule has 2 aromatic rings. The van der Waals surface area contributed by atoms with E-state index in [0.29, 0.717) is 18.6 Å². The van der Waals surface area contributed by atoms with Crippen molar-refractivity contribution in [3.05, 3.63) is 59.7 Å². The van der Waals surface area contributed by atoms with Crippen LogP contribution in [0, 0.1) is 12.8 Å². The topological polar surface area (TPSA) is 72.5 Å². The average molecular weight is 388 g/mol. The minimum absolute atomic E-state index is 0.119. The summed E-state index contributed by atoms with van der Waals surface area (Å²) in [5.74, 6) is 0.454. The summed E-state index contributed by atoms with van der Waals surface area (Å²) in [4.78, 5) is 12.7. The van der Waals surface area contributed by atoms with E-state index in [4.69, 9.17) is 4.74 Å². The average Bonchev–Trinajstić information content (AvgIpc) is 2.67. The lowest BCUT2D eigenvalue weighted by Crippen LogP contribution is -2.38. The van der Waals surface area contributed by atoms with E-state index >= 15 is 0 Å². The summed E-state index contributed by atoms with van der Waals surface area (Å²) in [6.45, 7) is 1.91. The second-order valence-corrected chi connectivity index (χ2v) is 8.72. The first-order valence-electron chi connectivity index (χ1n) is 9.16. The van der Waals surface area contributed by atoms with Crippen LogP contribution in [0.1, 0.15) is 42.9 Å². The highest BCUT2D eigenvalue weighted by atomic mass is 32.2. The van der Waals surface area contributed by atoms with Crippen molar-refractivity contribution in [1.82, 2.24) is 4.72 Å². The monoisotopic (exact) mass is 387 g/mol. The number of carbonyl (C=O) groups is 1. The normalized spacial score (nSPS) is 18.9. The van der Waals surface area contributed by atoms with Crippen molar-refractivity contribution in [2.45, 2.75) is 43.5 Å². The van der Waals surface area contributed by atoms with E-state index in [9.17, 15) is 13.2 Å². The zero-order chi connectivity index (χ0) is 19.4. The molecule has 0 unspecified atom stereocenters. The summed E-state index contributed by atoms with van der Waals surface area (Å²) < 4.78 is 33.9. The fourth-order valence-corrected chi connectivity index (χ4v) is 4.77. The Hall–Kier alpha value is -2.18. The number of carbonyl (C=O) groups excluding carboxylic acids is 1. The third-order valence-electron chi connectivity index (χ3n) is 5.09. The lowest BCUT2D eigenvalue weighted by Gasteiger charge is -2.30. The number of rotatable bonds is 6. The number of aryl methyl sites for hydroxylation is 1. The Morgan fingerprint density at radius 1 is 1.04 bits per heavy atom. The SMILES string of the molecule is COc1ccc([C@H](NS(=O)(=O)c2ccc(C)cc2)[C@@H]2CCCCC2=O)cc1. The Kier molecular flexibility index (Phi) is 5.97. The minimum Gasteiger partial charge on any atom is -0.497 e. The lowest BCUT2D eigenvalue weighted by atomic mass is 9.80. The van der Waals surface area contributed by atoms with Gasteiger partial charge in [-0.05, 0) is 49.6 Å². The molecule has 0 aromatic heterocycles. The van der Waals surface area contributed by atoms with E-state index in [1.165, 1.54) is 0 Å². The number of Topliss-reactive ketones (excluding diaryl/α,β-unsaturated/α-hetero) is 1. The Labute approximate surface area is 160 Å².